The third-order valence-electron chi connectivity index (χ3n) is 9.64. The predicted molar refractivity (Wildman–Crippen MR) is 202 cm³/mol. The minimum Gasteiger partial charge on any atom is -0.396 e. The molecule has 1 saturated heterocycles. The second-order valence-corrected chi connectivity index (χ2v) is 14.1. The Balaban J connectivity index is 1.08. The first-order valence-electron chi connectivity index (χ1n) is 17.4. The Kier molecular flexibility index (Phi) is 10.7. The van der Waals surface area contributed by atoms with Gasteiger partial charge in [-0.25, -0.2) is 9.37 Å². The molecule has 1 aliphatic rings. The molecule has 258 valence electrons. The Morgan fingerprint density at radius 1 is 0.784 bits per heavy atom. The van der Waals surface area contributed by atoms with Crippen LogP contribution in [0.3, 0.4) is 0 Å². The van der Waals surface area contributed by atoms with Crippen LogP contribution in [0, 0.1) is 5.82 Å². The van der Waals surface area contributed by atoms with Gasteiger partial charge in [-0.3, -0.25) is 9.69 Å². The minimum absolute atomic E-state index is 0.0271. The average Bonchev–Trinajstić information content (AvgIpc) is 3.64. The summed E-state index contributed by atoms with van der Waals surface area (Å²) in [5.41, 5.74) is 6.22. The summed E-state index contributed by atoms with van der Waals surface area (Å²) in [6, 6.07) is 46.5. The Labute approximate surface area is 303 Å². The van der Waals surface area contributed by atoms with E-state index < -0.39 is 4.75 Å². The van der Waals surface area contributed by atoms with E-state index in [1.165, 1.54) is 28.8 Å². The minimum atomic E-state index is -0.511. The Morgan fingerprint density at radius 3 is 2.04 bits per heavy atom. The van der Waals surface area contributed by atoms with Gasteiger partial charge in [0.25, 0.3) is 0 Å². The molecule has 1 unspecified atom stereocenters. The molecule has 1 aromatic heterocycles. The number of nitrogens with zero attached hydrogens (tertiary/aromatic N) is 4. The van der Waals surface area contributed by atoms with E-state index in [0.717, 1.165) is 28.4 Å². The second kappa shape index (κ2) is 15.9. The molecule has 8 heteroatoms. The van der Waals surface area contributed by atoms with Crippen LogP contribution in [0.15, 0.2) is 157 Å². The molecule has 1 aliphatic heterocycles. The molecule has 5 aromatic carbocycles. The molecule has 6 aromatic rings. The lowest BCUT2D eigenvalue weighted by molar-refractivity contribution is -0.121. The Bertz CT molecular complexity index is 1940. The fourth-order valence-electron chi connectivity index (χ4n) is 7.15. The van der Waals surface area contributed by atoms with Crippen LogP contribution in [0.4, 0.5) is 10.1 Å². The van der Waals surface area contributed by atoms with Crippen molar-refractivity contribution >= 4 is 23.4 Å². The van der Waals surface area contributed by atoms with Crippen molar-refractivity contribution in [3.05, 3.63) is 186 Å². The highest BCUT2D eigenvalue weighted by atomic mass is 32.2. The smallest absolute Gasteiger partial charge is 0.241 e. The average molecular weight is 697 g/mol. The number of aliphatic hydroxyl groups excluding tert-OH is 1. The molecule has 1 atom stereocenters. The number of carbonyl (C=O) groups is 1. The van der Waals surface area contributed by atoms with Crippen LogP contribution >= 0.6 is 11.8 Å². The monoisotopic (exact) mass is 696 g/mol. The summed E-state index contributed by atoms with van der Waals surface area (Å²) in [4.78, 5) is 23.2. The van der Waals surface area contributed by atoms with Crippen molar-refractivity contribution in [2.75, 3.05) is 37.7 Å². The fourth-order valence-corrected chi connectivity index (χ4v) is 8.60. The molecule has 1 fully saturated rings. The zero-order valence-corrected chi connectivity index (χ0v) is 29.2. The number of carbonyl (C=O) groups excluding carboxylic acids is 1. The molecule has 6 nitrogen and oxygen atoms in total. The second-order valence-electron chi connectivity index (χ2n) is 12.8. The van der Waals surface area contributed by atoms with Gasteiger partial charge in [-0.15, -0.1) is 11.8 Å². The van der Waals surface area contributed by atoms with Crippen molar-refractivity contribution in [2.24, 2.45) is 0 Å². The number of amides is 1. The van der Waals surface area contributed by atoms with Gasteiger partial charge < -0.3 is 14.6 Å². The Hall–Kier alpha value is -5.02. The van der Waals surface area contributed by atoms with Gasteiger partial charge in [0.15, 0.2) is 0 Å². The quantitative estimate of drug-likeness (QED) is 0.0981. The molecule has 0 aliphatic carbocycles. The van der Waals surface area contributed by atoms with Crippen LogP contribution in [0.25, 0.3) is 0 Å². The van der Waals surface area contributed by atoms with E-state index in [4.69, 9.17) is 0 Å². The van der Waals surface area contributed by atoms with Crippen molar-refractivity contribution < 1.29 is 14.3 Å². The molecule has 0 saturated carbocycles. The maximum Gasteiger partial charge on any atom is 0.241 e. The zero-order chi connectivity index (χ0) is 35.0. The van der Waals surface area contributed by atoms with E-state index in [1.54, 1.807) is 24.2 Å². The highest BCUT2D eigenvalue weighted by Crippen LogP contribution is 2.52. The van der Waals surface area contributed by atoms with Crippen molar-refractivity contribution in [1.29, 1.82) is 0 Å². The van der Waals surface area contributed by atoms with Crippen LogP contribution in [-0.2, 0) is 16.0 Å². The van der Waals surface area contributed by atoms with Gasteiger partial charge in [0.2, 0.25) is 5.91 Å². The van der Waals surface area contributed by atoms with Crippen LogP contribution in [-0.4, -0.2) is 58.3 Å². The normalized spacial score (nSPS) is 14.5. The van der Waals surface area contributed by atoms with E-state index >= 15 is 0 Å². The van der Waals surface area contributed by atoms with Gasteiger partial charge in [-0.05, 0) is 59.0 Å². The van der Waals surface area contributed by atoms with Gasteiger partial charge in [0, 0.05) is 55.1 Å². The summed E-state index contributed by atoms with van der Waals surface area (Å²) < 4.78 is 15.6. The van der Waals surface area contributed by atoms with Crippen molar-refractivity contribution in [3.63, 3.8) is 0 Å². The summed E-state index contributed by atoms with van der Waals surface area (Å²) >= 11 is 1.80. The summed E-state index contributed by atoms with van der Waals surface area (Å²) in [7, 11) is 0. The number of hydrogen-bond acceptors (Lipinski definition) is 5. The third kappa shape index (κ3) is 7.54. The third-order valence-corrected chi connectivity index (χ3v) is 11.1. The molecule has 1 amide bonds. The van der Waals surface area contributed by atoms with Crippen LogP contribution in [0.2, 0.25) is 0 Å². The van der Waals surface area contributed by atoms with E-state index in [2.05, 4.69) is 113 Å². The van der Waals surface area contributed by atoms with Gasteiger partial charge in [-0.1, -0.05) is 109 Å². The van der Waals surface area contributed by atoms with Crippen LogP contribution in [0.1, 0.15) is 40.4 Å². The maximum atomic E-state index is 14.1. The number of imidazole rings is 1. The summed E-state index contributed by atoms with van der Waals surface area (Å²) in [5, 5.41) is 9.79. The first-order valence-corrected chi connectivity index (χ1v) is 18.2. The van der Waals surface area contributed by atoms with Gasteiger partial charge in [-0.2, -0.15) is 0 Å². The maximum absolute atomic E-state index is 14.1. The lowest BCUT2D eigenvalue weighted by Gasteiger charge is -2.36. The number of benzene rings is 5. The van der Waals surface area contributed by atoms with Crippen LogP contribution < -0.4 is 4.90 Å². The summed E-state index contributed by atoms with van der Waals surface area (Å²) in [6.45, 7) is 2.30. The van der Waals surface area contributed by atoms with Crippen molar-refractivity contribution in [2.45, 2.75) is 28.5 Å². The number of hydrogen-bond donors (Lipinski definition) is 1. The number of anilines is 1. The van der Waals surface area contributed by atoms with Crippen molar-refractivity contribution in [3.8, 4) is 0 Å². The molecule has 0 radical (unpaired) electrons. The van der Waals surface area contributed by atoms with Crippen LogP contribution in [0.5, 0.6) is 0 Å². The molecular weight excluding hydrogens is 656 g/mol. The number of thioether (sulfide) groups is 1. The van der Waals surface area contributed by atoms with E-state index in [1.807, 2.05) is 33.9 Å². The number of rotatable bonds is 13. The number of aliphatic hydroxyl groups is 1. The molecule has 0 spiro atoms. The zero-order valence-electron chi connectivity index (χ0n) is 28.4. The largest absolute Gasteiger partial charge is 0.396 e. The highest BCUT2D eigenvalue weighted by molar-refractivity contribution is 8.00. The lowest BCUT2D eigenvalue weighted by Crippen LogP contribution is -2.51. The molecule has 2 heterocycles. The lowest BCUT2D eigenvalue weighted by atomic mass is 9.84. The first kappa shape index (κ1) is 34.4. The number of piperazine rings is 1. The Morgan fingerprint density at radius 2 is 1.43 bits per heavy atom. The van der Waals surface area contributed by atoms with Gasteiger partial charge >= 0.3 is 0 Å². The molecule has 7 rings (SSSR count). The summed E-state index contributed by atoms with van der Waals surface area (Å²) in [5.74, 6) is -0.240. The highest BCUT2D eigenvalue weighted by Gasteiger charge is 2.38. The molecule has 1 N–H and O–H groups in total. The fraction of sp³-hybridized carbons (Fsp3) is 0.209. The molecular formula is C43H41FN4O2S. The topological polar surface area (TPSA) is 61.6 Å². The first-order chi connectivity index (χ1) is 25.0. The number of halogens is 1. The van der Waals surface area contributed by atoms with Gasteiger partial charge in [0.05, 0.1) is 23.7 Å². The van der Waals surface area contributed by atoms with Crippen molar-refractivity contribution in [1.82, 2.24) is 14.5 Å². The van der Waals surface area contributed by atoms with E-state index in [0.29, 0.717) is 32.5 Å². The molecule has 51 heavy (non-hydrogen) atoms. The van der Waals surface area contributed by atoms with Gasteiger partial charge in [0.1, 0.15) is 5.82 Å². The van der Waals surface area contributed by atoms with E-state index in [9.17, 15) is 14.3 Å². The number of aromatic nitrogens is 2. The molecule has 0 bridgehead atoms. The van der Waals surface area contributed by atoms with E-state index in [-0.39, 0.29) is 24.4 Å². The summed E-state index contributed by atoms with van der Waals surface area (Å²) in [6.07, 6.45) is 4.70. The SMILES string of the molecule is O=C1CN(CCc2cncn2C(CCO)c2cccc(F)c2)CCN1c1cccc(SC(c2ccccc2)(c2ccccc2)c2ccccc2)c1. The standard InChI is InChI=1S/C43H41FN4O2S/c44-37-19-10-12-33(28-37)41(23-27-49)48-32-45-30-39(48)22-24-46-25-26-47(42(50)31-46)38-20-11-21-40(29-38)51-43(34-13-4-1-5-14-34,35-15-6-2-7-16-35)36-17-8-3-9-18-36/h1-21,28-30,32,41,49H,22-27,31H2. The predicted octanol–water partition coefficient (Wildman–Crippen LogP) is 7.97.